The minimum atomic E-state index is -0.651. The zero-order chi connectivity index (χ0) is 22.7. The molecule has 0 spiro atoms. The van der Waals surface area contributed by atoms with Gasteiger partial charge in [-0.15, -0.1) is 0 Å². The number of aliphatic hydroxyl groups is 1. The Balaban J connectivity index is 1.50. The molecule has 3 heterocycles. The van der Waals surface area contributed by atoms with Crippen LogP contribution in [-0.4, -0.2) is 37.1 Å². The Bertz CT molecular complexity index is 1090. The van der Waals surface area contributed by atoms with E-state index in [9.17, 15) is 9.90 Å². The number of carbonyl (C=O) groups excluding carboxylic acids is 1. The van der Waals surface area contributed by atoms with Crippen LogP contribution in [0.4, 0.5) is 5.82 Å². The van der Waals surface area contributed by atoms with Gasteiger partial charge in [0.1, 0.15) is 17.6 Å². The third-order valence-corrected chi connectivity index (χ3v) is 6.32. The summed E-state index contributed by atoms with van der Waals surface area (Å²) in [5, 5.41) is 12.8. The monoisotopic (exact) mass is 438 g/mol. The first-order chi connectivity index (χ1) is 15.5. The number of amides is 1. The quantitative estimate of drug-likeness (QED) is 0.612. The van der Waals surface area contributed by atoms with Crippen molar-refractivity contribution >= 4 is 22.9 Å². The number of nitrogen functional groups attached to an aromatic ring is 1. The highest BCUT2D eigenvalue weighted by molar-refractivity contribution is 5.92. The number of rotatable bonds is 5. The van der Waals surface area contributed by atoms with Crippen LogP contribution in [0, 0.1) is 23.7 Å². The average molecular weight is 439 g/mol. The van der Waals surface area contributed by atoms with Crippen LogP contribution >= 0.6 is 0 Å². The molecule has 2 aromatic heterocycles. The van der Waals surface area contributed by atoms with Crippen LogP contribution < -0.4 is 11.1 Å². The summed E-state index contributed by atoms with van der Waals surface area (Å²) in [5.74, 6) is 7.70. The molecule has 1 aliphatic carbocycles. The van der Waals surface area contributed by atoms with Crippen LogP contribution in [0.5, 0.6) is 0 Å². The van der Waals surface area contributed by atoms with Crippen molar-refractivity contribution in [3.05, 3.63) is 23.7 Å². The maximum absolute atomic E-state index is 12.1. The molecule has 2 aliphatic rings. The number of aromatic nitrogens is 4. The Morgan fingerprint density at radius 2 is 2.03 bits per heavy atom. The third-order valence-electron chi connectivity index (χ3n) is 6.32. The maximum atomic E-state index is 12.1. The molecule has 0 saturated heterocycles. The summed E-state index contributed by atoms with van der Waals surface area (Å²) in [6.07, 6.45) is 8.13. The third kappa shape index (κ3) is 4.49. The predicted molar refractivity (Wildman–Crippen MR) is 120 cm³/mol. The van der Waals surface area contributed by atoms with Gasteiger partial charge < -0.3 is 20.9 Å². The lowest BCUT2D eigenvalue weighted by Crippen LogP contribution is -2.25. The minimum absolute atomic E-state index is 0.0847. The second-order valence-corrected chi connectivity index (χ2v) is 8.47. The number of nitrogens with zero attached hydrogens (tertiary/aromatic N) is 4. The predicted octanol–water partition coefficient (Wildman–Crippen LogP) is 3.19. The molecule has 0 radical (unpaired) electrons. The standard InChI is InChI=1S/C23H30N6O3/c1-3-14-8-10-15(11-9-14)6-5-7-17-27-21(24)19-22(28-17)29(13-26-19)18-12-16(30)20(32-18)23(31)25-4-2/h13-15,18,30H,3-4,6,8-12H2,1-2H3,(H,25,31)(H2,24,27,28)/t14?,15?,18-/m1/s1. The van der Waals surface area contributed by atoms with Gasteiger partial charge in [0.25, 0.3) is 5.91 Å². The molecule has 32 heavy (non-hydrogen) atoms. The number of nitrogens with one attached hydrogen (secondary N) is 1. The molecule has 9 nitrogen and oxygen atoms in total. The number of fused-ring (bicyclic) bond motifs is 1. The van der Waals surface area contributed by atoms with E-state index < -0.39 is 12.1 Å². The molecule has 2 aromatic rings. The van der Waals surface area contributed by atoms with Gasteiger partial charge in [-0.05, 0) is 37.5 Å². The molecular formula is C23H30N6O3. The van der Waals surface area contributed by atoms with Crippen LogP contribution in [0.25, 0.3) is 11.2 Å². The maximum Gasteiger partial charge on any atom is 0.290 e. The van der Waals surface area contributed by atoms with Crippen molar-refractivity contribution in [1.29, 1.82) is 0 Å². The smallest absolute Gasteiger partial charge is 0.290 e. The van der Waals surface area contributed by atoms with Crippen LogP contribution in [0.15, 0.2) is 17.8 Å². The number of imidazole rings is 1. The van der Waals surface area contributed by atoms with E-state index in [0.29, 0.717) is 29.5 Å². The highest BCUT2D eigenvalue weighted by Gasteiger charge is 2.32. The number of aliphatic hydroxyl groups excluding tert-OH is 1. The van der Waals surface area contributed by atoms with E-state index in [4.69, 9.17) is 10.5 Å². The first-order valence-corrected chi connectivity index (χ1v) is 11.4. The summed E-state index contributed by atoms with van der Waals surface area (Å²) < 4.78 is 7.35. The summed E-state index contributed by atoms with van der Waals surface area (Å²) in [6, 6.07) is 0. The molecule has 4 N–H and O–H groups in total. The van der Waals surface area contributed by atoms with E-state index in [2.05, 4.69) is 39.0 Å². The van der Waals surface area contributed by atoms with E-state index in [1.54, 1.807) is 11.5 Å². The van der Waals surface area contributed by atoms with Gasteiger partial charge in [0, 0.05) is 13.0 Å². The fraction of sp³-hybridized carbons (Fsp3) is 0.565. The molecule has 4 rings (SSSR count). The summed E-state index contributed by atoms with van der Waals surface area (Å²) >= 11 is 0. The lowest BCUT2D eigenvalue weighted by Gasteiger charge is -2.26. The summed E-state index contributed by atoms with van der Waals surface area (Å²) in [5.41, 5.74) is 6.99. The summed E-state index contributed by atoms with van der Waals surface area (Å²) in [7, 11) is 0. The number of hydrogen-bond acceptors (Lipinski definition) is 7. The zero-order valence-corrected chi connectivity index (χ0v) is 18.6. The number of hydrogen-bond donors (Lipinski definition) is 3. The van der Waals surface area contributed by atoms with Crippen LogP contribution in [0.1, 0.15) is 70.8 Å². The molecule has 0 unspecified atom stereocenters. The van der Waals surface area contributed by atoms with E-state index in [1.807, 2.05) is 0 Å². The lowest BCUT2D eigenvalue weighted by atomic mass is 9.80. The highest BCUT2D eigenvalue weighted by atomic mass is 16.5. The second kappa shape index (κ2) is 9.47. The molecular weight excluding hydrogens is 408 g/mol. The molecule has 1 amide bonds. The summed E-state index contributed by atoms with van der Waals surface area (Å²) in [6.45, 7) is 4.50. The van der Waals surface area contributed by atoms with E-state index in [0.717, 1.165) is 12.3 Å². The van der Waals surface area contributed by atoms with Gasteiger partial charge >= 0.3 is 0 Å². The lowest BCUT2D eigenvalue weighted by molar-refractivity contribution is -0.122. The average Bonchev–Trinajstić information content (AvgIpc) is 3.38. The molecule has 1 atom stereocenters. The zero-order valence-electron chi connectivity index (χ0n) is 18.6. The van der Waals surface area contributed by atoms with Gasteiger partial charge in [-0.1, -0.05) is 32.1 Å². The molecule has 1 fully saturated rings. The Morgan fingerprint density at radius 1 is 1.28 bits per heavy atom. The Morgan fingerprint density at radius 3 is 2.75 bits per heavy atom. The first kappa shape index (κ1) is 21.9. The normalized spacial score (nSPS) is 23.0. The van der Waals surface area contributed by atoms with Crippen LogP contribution in [0.3, 0.4) is 0 Å². The van der Waals surface area contributed by atoms with E-state index in [-0.39, 0.29) is 23.8 Å². The molecule has 170 valence electrons. The van der Waals surface area contributed by atoms with Crippen molar-refractivity contribution in [1.82, 2.24) is 24.8 Å². The fourth-order valence-corrected chi connectivity index (χ4v) is 4.41. The van der Waals surface area contributed by atoms with Crippen LogP contribution in [-0.2, 0) is 9.53 Å². The number of carbonyl (C=O) groups is 1. The molecule has 0 aromatic carbocycles. The second-order valence-electron chi connectivity index (χ2n) is 8.47. The van der Waals surface area contributed by atoms with Crippen molar-refractivity contribution in [2.75, 3.05) is 12.3 Å². The Labute approximate surface area is 187 Å². The first-order valence-electron chi connectivity index (χ1n) is 11.4. The van der Waals surface area contributed by atoms with Gasteiger partial charge in [-0.25, -0.2) is 15.0 Å². The van der Waals surface area contributed by atoms with Crippen molar-refractivity contribution in [3.63, 3.8) is 0 Å². The van der Waals surface area contributed by atoms with Gasteiger partial charge in [0.2, 0.25) is 11.6 Å². The molecule has 1 saturated carbocycles. The topological polar surface area (TPSA) is 128 Å². The number of ether oxygens (including phenoxy) is 1. The molecule has 9 heteroatoms. The van der Waals surface area contributed by atoms with Gasteiger partial charge in [-0.2, -0.15) is 0 Å². The summed E-state index contributed by atoms with van der Waals surface area (Å²) in [4.78, 5) is 25.2. The minimum Gasteiger partial charge on any atom is -0.508 e. The van der Waals surface area contributed by atoms with Crippen molar-refractivity contribution in [2.45, 2.75) is 65.0 Å². The Kier molecular flexibility index (Phi) is 6.49. The highest BCUT2D eigenvalue weighted by Crippen LogP contribution is 2.34. The van der Waals surface area contributed by atoms with Crippen molar-refractivity contribution in [3.8, 4) is 11.8 Å². The Hall–Kier alpha value is -3.28. The van der Waals surface area contributed by atoms with E-state index in [1.165, 1.54) is 38.4 Å². The fourth-order valence-electron chi connectivity index (χ4n) is 4.41. The molecule has 1 aliphatic heterocycles. The number of anilines is 1. The largest absolute Gasteiger partial charge is 0.508 e. The molecule has 0 bridgehead atoms. The van der Waals surface area contributed by atoms with Crippen molar-refractivity contribution < 1.29 is 14.6 Å². The van der Waals surface area contributed by atoms with Crippen molar-refractivity contribution in [2.24, 2.45) is 11.8 Å². The van der Waals surface area contributed by atoms with Crippen LogP contribution in [0.2, 0.25) is 0 Å². The van der Waals surface area contributed by atoms with E-state index >= 15 is 0 Å². The number of likely N-dealkylation sites (N-methyl/N-ethyl adjacent to an activating group) is 1. The van der Waals surface area contributed by atoms with Gasteiger partial charge in [0.05, 0.1) is 6.42 Å². The van der Waals surface area contributed by atoms with Gasteiger partial charge in [0.15, 0.2) is 17.7 Å². The number of nitrogens with two attached hydrogens (primary N) is 1. The van der Waals surface area contributed by atoms with Gasteiger partial charge in [-0.3, -0.25) is 9.36 Å². The SMILES string of the molecule is CCNC(=O)C1=C(O)C[C@H](n2cnc3c(N)nc(C#CCC4CCC(CC)CC4)nc32)O1.